The molecule has 1 aliphatic rings. The fourth-order valence-corrected chi connectivity index (χ4v) is 0.965. The summed E-state index contributed by atoms with van der Waals surface area (Å²) in [6.07, 6.45) is -0.182. The van der Waals surface area contributed by atoms with E-state index >= 15 is 0 Å². The van der Waals surface area contributed by atoms with Gasteiger partial charge >= 0.3 is 5.97 Å². The average molecular weight is 183 g/mol. The number of hydrogen-bond acceptors (Lipinski definition) is 4. The number of rotatable bonds is 1. The van der Waals surface area contributed by atoms with Gasteiger partial charge < -0.3 is 14.8 Å². The Kier molecular flexibility index (Phi) is 4.30. The number of esters is 1. The van der Waals surface area contributed by atoms with Crippen molar-refractivity contribution in [3.63, 3.8) is 0 Å². The molecule has 0 bridgehead atoms. The van der Waals surface area contributed by atoms with Gasteiger partial charge in [0.25, 0.3) is 0 Å². The van der Waals surface area contributed by atoms with E-state index in [0.717, 1.165) is 6.54 Å². The van der Waals surface area contributed by atoms with Crippen LogP contribution in [-0.2, 0) is 14.3 Å². The first-order chi connectivity index (χ1) is 6.33. The first-order valence-corrected chi connectivity index (χ1v) is 4.33. The Hall–Kier alpha value is -1.05. The third-order valence-electron chi connectivity index (χ3n) is 1.54. The Morgan fingerprint density at radius 3 is 3.23 bits per heavy atom. The maximum absolute atomic E-state index is 10.8. The molecule has 4 heteroatoms. The molecule has 1 atom stereocenters. The van der Waals surface area contributed by atoms with Gasteiger partial charge in [-0.05, 0) is 6.92 Å². The lowest BCUT2D eigenvalue weighted by molar-refractivity contribution is -0.136. The lowest BCUT2D eigenvalue weighted by atomic mass is 10.3. The second kappa shape index (κ2) is 5.57. The molecule has 0 amide bonds. The monoisotopic (exact) mass is 183 g/mol. The molecule has 0 saturated carbocycles. The molecule has 1 aliphatic heterocycles. The van der Waals surface area contributed by atoms with Crippen LogP contribution < -0.4 is 5.32 Å². The fraction of sp³-hybridized carbons (Fsp3) is 0.667. The van der Waals surface area contributed by atoms with Crippen LogP contribution in [0.3, 0.4) is 0 Å². The van der Waals surface area contributed by atoms with Crippen molar-refractivity contribution >= 4 is 5.97 Å². The van der Waals surface area contributed by atoms with Gasteiger partial charge in [0.05, 0.1) is 13.2 Å². The van der Waals surface area contributed by atoms with Crippen molar-refractivity contribution in [3.05, 3.63) is 0 Å². The molecule has 0 aliphatic carbocycles. The molecule has 1 heterocycles. The molecule has 1 saturated heterocycles. The van der Waals surface area contributed by atoms with Gasteiger partial charge in [0.1, 0.15) is 6.10 Å². The second-order valence-electron chi connectivity index (χ2n) is 2.55. The second-order valence-corrected chi connectivity index (χ2v) is 2.55. The van der Waals surface area contributed by atoms with Crippen molar-refractivity contribution in [2.45, 2.75) is 13.0 Å². The third-order valence-corrected chi connectivity index (χ3v) is 1.54. The van der Waals surface area contributed by atoms with E-state index in [9.17, 15) is 4.79 Å². The van der Waals surface area contributed by atoms with Crippen LogP contribution in [0.2, 0.25) is 0 Å². The number of nitrogens with one attached hydrogen (secondary N) is 1. The van der Waals surface area contributed by atoms with Gasteiger partial charge in [-0.25, -0.2) is 4.79 Å². The van der Waals surface area contributed by atoms with Crippen molar-refractivity contribution in [2.75, 3.05) is 26.3 Å². The first-order valence-electron chi connectivity index (χ1n) is 4.33. The van der Waals surface area contributed by atoms with Crippen molar-refractivity contribution in [2.24, 2.45) is 0 Å². The summed E-state index contributed by atoms with van der Waals surface area (Å²) in [5.74, 6) is 4.58. The van der Waals surface area contributed by atoms with Gasteiger partial charge in [0.15, 0.2) is 0 Å². The maximum atomic E-state index is 10.8. The van der Waals surface area contributed by atoms with Crippen LogP contribution in [0.5, 0.6) is 0 Å². The summed E-state index contributed by atoms with van der Waals surface area (Å²) in [6.45, 7) is 4.27. The van der Waals surface area contributed by atoms with Crippen LogP contribution in [0.4, 0.5) is 0 Å². The topological polar surface area (TPSA) is 47.6 Å². The zero-order chi connectivity index (χ0) is 9.52. The Balaban J connectivity index is 2.31. The Labute approximate surface area is 77.6 Å². The predicted octanol–water partition coefficient (Wildman–Crippen LogP) is -0.459. The normalized spacial score (nSPS) is 21.5. The molecule has 1 unspecified atom stereocenters. The van der Waals surface area contributed by atoms with Gasteiger partial charge in [-0.3, -0.25) is 0 Å². The Bertz CT molecular complexity index is 223. The van der Waals surface area contributed by atoms with Crippen molar-refractivity contribution in [1.29, 1.82) is 0 Å². The molecule has 72 valence electrons. The molecule has 0 aromatic heterocycles. The summed E-state index contributed by atoms with van der Waals surface area (Å²) in [5, 5.41) is 3.11. The molecular formula is C9H13NO3. The minimum absolute atomic E-state index is 0.182. The van der Waals surface area contributed by atoms with Gasteiger partial charge in [-0.15, -0.1) is 0 Å². The highest BCUT2D eigenvalue weighted by molar-refractivity contribution is 5.88. The van der Waals surface area contributed by atoms with E-state index in [2.05, 4.69) is 21.9 Å². The minimum Gasteiger partial charge on any atom is -0.456 e. The van der Waals surface area contributed by atoms with Crippen LogP contribution >= 0.6 is 0 Å². The lowest BCUT2D eigenvalue weighted by Gasteiger charge is -2.18. The lowest BCUT2D eigenvalue weighted by Crippen LogP contribution is -2.37. The predicted molar refractivity (Wildman–Crippen MR) is 47.0 cm³/mol. The summed E-state index contributed by atoms with van der Waals surface area (Å²) in [5.41, 5.74) is 0. The van der Waals surface area contributed by atoms with Gasteiger partial charge in [-0.1, -0.05) is 5.92 Å². The molecule has 0 aromatic carbocycles. The number of hydrogen-bond donors (Lipinski definition) is 1. The maximum Gasteiger partial charge on any atom is 0.384 e. The van der Waals surface area contributed by atoms with Crippen LogP contribution in [0.25, 0.3) is 0 Å². The molecule has 0 radical (unpaired) electrons. The zero-order valence-corrected chi connectivity index (χ0v) is 7.63. The van der Waals surface area contributed by atoms with E-state index in [4.69, 9.17) is 4.74 Å². The smallest absolute Gasteiger partial charge is 0.384 e. The highest BCUT2D eigenvalue weighted by Gasteiger charge is 2.09. The summed E-state index contributed by atoms with van der Waals surface area (Å²) in [7, 11) is 0. The SMILES string of the molecule is CCOC(=O)C#CC1CNCCO1. The van der Waals surface area contributed by atoms with E-state index in [-0.39, 0.29) is 6.10 Å². The summed E-state index contributed by atoms with van der Waals surface area (Å²) in [6, 6.07) is 0. The Morgan fingerprint density at radius 2 is 2.62 bits per heavy atom. The molecule has 1 N–H and O–H groups in total. The van der Waals surface area contributed by atoms with E-state index in [1.165, 1.54) is 0 Å². The van der Waals surface area contributed by atoms with Gasteiger partial charge in [0.2, 0.25) is 0 Å². The summed E-state index contributed by atoms with van der Waals surface area (Å²) in [4.78, 5) is 10.8. The molecular weight excluding hydrogens is 170 g/mol. The van der Waals surface area contributed by atoms with Crippen molar-refractivity contribution in [3.8, 4) is 11.8 Å². The summed E-state index contributed by atoms with van der Waals surface area (Å²) >= 11 is 0. The fourth-order valence-electron chi connectivity index (χ4n) is 0.965. The molecule has 1 fully saturated rings. The quantitative estimate of drug-likeness (QED) is 0.339. The molecule has 0 aromatic rings. The van der Waals surface area contributed by atoms with Crippen LogP contribution in [0.1, 0.15) is 6.92 Å². The first kappa shape index (κ1) is 10.0. The number of ether oxygens (including phenoxy) is 2. The average Bonchev–Trinajstić information content (AvgIpc) is 2.17. The van der Waals surface area contributed by atoms with Gasteiger partial charge in [-0.2, -0.15) is 0 Å². The number of morpholine rings is 1. The molecule has 1 rings (SSSR count). The molecule has 0 spiro atoms. The van der Waals surface area contributed by atoms with E-state index < -0.39 is 5.97 Å². The number of carbonyl (C=O) groups is 1. The van der Waals surface area contributed by atoms with Crippen LogP contribution in [0, 0.1) is 11.8 Å². The molecule has 13 heavy (non-hydrogen) atoms. The van der Waals surface area contributed by atoms with Gasteiger partial charge in [0, 0.05) is 19.0 Å². The van der Waals surface area contributed by atoms with E-state index in [0.29, 0.717) is 19.8 Å². The summed E-state index contributed by atoms with van der Waals surface area (Å²) < 4.78 is 9.91. The number of carbonyl (C=O) groups excluding carboxylic acids is 1. The van der Waals surface area contributed by atoms with Crippen molar-refractivity contribution in [1.82, 2.24) is 5.32 Å². The zero-order valence-electron chi connectivity index (χ0n) is 7.63. The largest absolute Gasteiger partial charge is 0.456 e. The van der Waals surface area contributed by atoms with E-state index in [1.54, 1.807) is 6.92 Å². The highest BCUT2D eigenvalue weighted by Crippen LogP contribution is 1.92. The minimum atomic E-state index is -0.489. The van der Waals surface area contributed by atoms with E-state index in [1.807, 2.05) is 0 Å². The van der Waals surface area contributed by atoms with Crippen LogP contribution in [0.15, 0.2) is 0 Å². The standard InChI is InChI=1S/C9H13NO3/c1-2-12-9(11)4-3-8-7-10-5-6-13-8/h8,10H,2,5-7H2,1H3. The highest BCUT2D eigenvalue weighted by atomic mass is 16.5. The van der Waals surface area contributed by atoms with Crippen LogP contribution in [-0.4, -0.2) is 38.4 Å². The Morgan fingerprint density at radius 1 is 1.77 bits per heavy atom. The van der Waals surface area contributed by atoms with Crippen molar-refractivity contribution < 1.29 is 14.3 Å². The third kappa shape index (κ3) is 3.92. The molecule has 4 nitrogen and oxygen atoms in total.